The number of fused-ring (bicyclic) bond motifs is 1. The van der Waals surface area contributed by atoms with Crippen molar-refractivity contribution in [2.75, 3.05) is 13.2 Å². The normalized spacial score (nSPS) is 17.9. The molecule has 0 saturated carbocycles. The number of carbonyl (C=O) groups is 2. The molecule has 0 aliphatic carbocycles. The molecule has 0 fully saturated rings. The molecule has 0 saturated heterocycles. The Hall–Kier alpha value is -2.05. The Labute approximate surface area is 130 Å². The molecular formula is C15H23N3O4. The maximum absolute atomic E-state index is 12.3. The third-order valence-electron chi connectivity index (χ3n) is 3.47. The molecule has 0 bridgehead atoms. The second kappa shape index (κ2) is 5.98. The predicted molar refractivity (Wildman–Crippen MR) is 79.6 cm³/mol. The fraction of sp³-hybridized carbons (Fsp3) is 0.667. The number of H-pyrrole nitrogens is 1. The highest BCUT2D eigenvalue weighted by atomic mass is 16.6. The second-order valence-corrected chi connectivity index (χ2v) is 6.28. The quantitative estimate of drug-likeness (QED) is 0.848. The van der Waals surface area contributed by atoms with Crippen LogP contribution < -0.4 is 0 Å². The van der Waals surface area contributed by atoms with Crippen LogP contribution in [0.1, 0.15) is 62.4 Å². The summed E-state index contributed by atoms with van der Waals surface area (Å²) in [6.45, 7) is 9.89. The number of aromatic nitrogens is 2. The minimum absolute atomic E-state index is 0.248. The van der Waals surface area contributed by atoms with E-state index in [1.807, 2.05) is 27.7 Å². The highest BCUT2D eigenvalue weighted by Gasteiger charge is 2.36. The van der Waals surface area contributed by atoms with Crippen molar-refractivity contribution in [3.63, 3.8) is 0 Å². The van der Waals surface area contributed by atoms with E-state index in [4.69, 9.17) is 9.47 Å². The molecule has 1 amide bonds. The first-order chi connectivity index (χ1) is 10.2. The molecule has 0 aromatic carbocycles. The minimum Gasteiger partial charge on any atom is -0.461 e. The van der Waals surface area contributed by atoms with Gasteiger partial charge in [0, 0.05) is 24.2 Å². The van der Waals surface area contributed by atoms with Crippen molar-refractivity contribution in [2.45, 2.75) is 52.7 Å². The predicted octanol–water partition coefficient (Wildman–Crippen LogP) is 2.44. The standard InChI is InChI=1S/C15H23N3O4/c1-6-21-13(19)12-11-9(2)18(8-7-10(11)16-17-12)14(20)22-15(3,4)5/h9H,6-8H2,1-5H3,(H,16,17). The lowest BCUT2D eigenvalue weighted by Gasteiger charge is -2.34. The van der Waals surface area contributed by atoms with E-state index < -0.39 is 11.6 Å². The summed E-state index contributed by atoms with van der Waals surface area (Å²) >= 11 is 0. The Kier molecular flexibility index (Phi) is 4.44. The summed E-state index contributed by atoms with van der Waals surface area (Å²) in [7, 11) is 0. The smallest absolute Gasteiger partial charge is 0.410 e. The van der Waals surface area contributed by atoms with Crippen LogP contribution in [0.25, 0.3) is 0 Å². The molecule has 0 spiro atoms. The largest absolute Gasteiger partial charge is 0.461 e. The Morgan fingerprint density at radius 3 is 2.68 bits per heavy atom. The van der Waals surface area contributed by atoms with Gasteiger partial charge in [-0.05, 0) is 34.6 Å². The number of esters is 1. The number of hydrogen-bond acceptors (Lipinski definition) is 5. The molecule has 1 atom stereocenters. The van der Waals surface area contributed by atoms with E-state index >= 15 is 0 Å². The lowest BCUT2D eigenvalue weighted by Crippen LogP contribution is -2.42. The van der Waals surface area contributed by atoms with E-state index in [0.717, 1.165) is 11.3 Å². The third kappa shape index (κ3) is 3.23. The van der Waals surface area contributed by atoms with Crippen molar-refractivity contribution < 1.29 is 19.1 Å². The molecule has 1 aliphatic heterocycles. The molecule has 1 N–H and O–H groups in total. The Morgan fingerprint density at radius 1 is 1.41 bits per heavy atom. The highest BCUT2D eigenvalue weighted by molar-refractivity contribution is 5.89. The summed E-state index contributed by atoms with van der Waals surface area (Å²) in [4.78, 5) is 25.9. The topological polar surface area (TPSA) is 84.5 Å². The van der Waals surface area contributed by atoms with Crippen LogP contribution in [-0.2, 0) is 15.9 Å². The van der Waals surface area contributed by atoms with Gasteiger partial charge in [0.1, 0.15) is 5.60 Å². The summed E-state index contributed by atoms with van der Waals surface area (Å²) in [6, 6.07) is -0.295. The van der Waals surface area contributed by atoms with Crippen molar-refractivity contribution >= 4 is 12.1 Å². The van der Waals surface area contributed by atoms with Gasteiger partial charge in [-0.15, -0.1) is 0 Å². The summed E-state index contributed by atoms with van der Waals surface area (Å²) in [5.74, 6) is -0.474. The number of nitrogens with zero attached hydrogens (tertiary/aromatic N) is 2. The number of nitrogens with one attached hydrogen (secondary N) is 1. The first kappa shape index (κ1) is 16.3. The van der Waals surface area contributed by atoms with Gasteiger partial charge in [-0.25, -0.2) is 9.59 Å². The van der Waals surface area contributed by atoms with Gasteiger partial charge in [0.15, 0.2) is 5.69 Å². The molecule has 1 aromatic rings. The molecular weight excluding hydrogens is 286 g/mol. The lowest BCUT2D eigenvalue weighted by molar-refractivity contribution is 0.0155. The van der Waals surface area contributed by atoms with Crippen molar-refractivity contribution in [3.05, 3.63) is 17.0 Å². The van der Waals surface area contributed by atoms with Crippen LogP contribution in [0.2, 0.25) is 0 Å². The first-order valence-corrected chi connectivity index (χ1v) is 7.48. The Balaban J connectivity index is 2.25. The van der Waals surface area contributed by atoms with Crippen molar-refractivity contribution in [1.29, 1.82) is 0 Å². The summed E-state index contributed by atoms with van der Waals surface area (Å²) in [5.41, 5.74) is 1.28. The van der Waals surface area contributed by atoms with E-state index in [-0.39, 0.29) is 24.4 Å². The zero-order valence-corrected chi connectivity index (χ0v) is 13.7. The van der Waals surface area contributed by atoms with E-state index in [0.29, 0.717) is 13.0 Å². The van der Waals surface area contributed by atoms with Gasteiger partial charge in [0.05, 0.1) is 12.6 Å². The van der Waals surface area contributed by atoms with E-state index in [2.05, 4.69) is 10.2 Å². The zero-order valence-electron chi connectivity index (χ0n) is 13.7. The number of ether oxygens (including phenoxy) is 2. The summed E-state index contributed by atoms with van der Waals surface area (Å²) < 4.78 is 10.4. The van der Waals surface area contributed by atoms with Gasteiger partial charge in [0.25, 0.3) is 0 Å². The monoisotopic (exact) mass is 309 g/mol. The number of hydrogen-bond donors (Lipinski definition) is 1. The van der Waals surface area contributed by atoms with Gasteiger partial charge in [-0.2, -0.15) is 5.10 Å². The third-order valence-corrected chi connectivity index (χ3v) is 3.47. The number of rotatable bonds is 2. The van der Waals surface area contributed by atoms with Crippen LogP contribution in [0.4, 0.5) is 4.79 Å². The van der Waals surface area contributed by atoms with Crippen molar-refractivity contribution in [2.24, 2.45) is 0 Å². The van der Waals surface area contributed by atoms with Crippen LogP contribution in [-0.4, -0.2) is 45.9 Å². The van der Waals surface area contributed by atoms with Gasteiger partial charge in [-0.3, -0.25) is 5.10 Å². The summed E-state index contributed by atoms with van der Waals surface area (Å²) in [5, 5.41) is 6.93. The molecule has 1 aromatic heterocycles. The zero-order chi connectivity index (χ0) is 16.5. The van der Waals surface area contributed by atoms with E-state index in [1.54, 1.807) is 11.8 Å². The number of aromatic amines is 1. The molecule has 7 nitrogen and oxygen atoms in total. The molecule has 1 aliphatic rings. The molecule has 2 heterocycles. The fourth-order valence-corrected chi connectivity index (χ4v) is 2.53. The number of carbonyl (C=O) groups excluding carboxylic acids is 2. The van der Waals surface area contributed by atoms with Crippen LogP contribution in [0, 0.1) is 0 Å². The van der Waals surface area contributed by atoms with Gasteiger partial charge in [-0.1, -0.05) is 0 Å². The van der Waals surface area contributed by atoms with Gasteiger partial charge >= 0.3 is 12.1 Å². The van der Waals surface area contributed by atoms with Gasteiger partial charge in [0.2, 0.25) is 0 Å². The fourth-order valence-electron chi connectivity index (χ4n) is 2.53. The molecule has 1 unspecified atom stereocenters. The van der Waals surface area contributed by atoms with Crippen molar-refractivity contribution in [1.82, 2.24) is 15.1 Å². The lowest BCUT2D eigenvalue weighted by atomic mass is 9.98. The van der Waals surface area contributed by atoms with Gasteiger partial charge < -0.3 is 14.4 Å². The van der Waals surface area contributed by atoms with E-state index in [9.17, 15) is 9.59 Å². The highest BCUT2D eigenvalue weighted by Crippen LogP contribution is 2.32. The Morgan fingerprint density at radius 2 is 2.09 bits per heavy atom. The summed E-state index contributed by atoms with van der Waals surface area (Å²) in [6.07, 6.45) is 0.215. The first-order valence-electron chi connectivity index (χ1n) is 7.48. The molecule has 0 radical (unpaired) electrons. The maximum Gasteiger partial charge on any atom is 0.410 e. The van der Waals surface area contributed by atoms with Crippen LogP contribution in [0.5, 0.6) is 0 Å². The Bertz CT molecular complexity index is 574. The molecule has 22 heavy (non-hydrogen) atoms. The van der Waals surface area contributed by atoms with Crippen LogP contribution >= 0.6 is 0 Å². The second-order valence-electron chi connectivity index (χ2n) is 6.28. The molecule has 122 valence electrons. The average molecular weight is 309 g/mol. The average Bonchev–Trinajstić information content (AvgIpc) is 2.82. The number of amides is 1. The minimum atomic E-state index is -0.558. The maximum atomic E-state index is 12.3. The van der Waals surface area contributed by atoms with Crippen LogP contribution in [0.3, 0.4) is 0 Å². The molecule has 2 rings (SSSR count). The van der Waals surface area contributed by atoms with E-state index in [1.165, 1.54) is 0 Å². The molecule has 7 heteroatoms. The van der Waals surface area contributed by atoms with Crippen LogP contribution in [0.15, 0.2) is 0 Å². The SMILES string of the molecule is CCOC(=O)c1n[nH]c2c1C(C)N(C(=O)OC(C)(C)C)CC2. The van der Waals surface area contributed by atoms with Crippen molar-refractivity contribution in [3.8, 4) is 0 Å².